The number of aromatic hydroxyl groups is 1. The van der Waals surface area contributed by atoms with Crippen molar-refractivity contribution in [2.24, 2.45) is 0 Å². The second kappa shape index (κ2) is 6.45. The highest BCUT2D eigenvalue weighted by molar-refractivity contribution is 5.92. The number of aromatic carboxylic acids is 1. The van der Waals surface area contributed by atoms with Crippen LogP contribution < -0.4 is 10.9 Å². The monoisotopic (exact) mass is 341 g/mol. The summed E-state index contributed by atoms with van der Waals surface area (Å²) >= 11 is 0. The first kappa shape index (κ1) is 16.8. The molecule has 0 spiro atoms. The molecule has 0 bridgehead atoms. The zero-order valence-electron chi connectivity index (χ0n) is 13.9. The first-order chi connectivity index (χ1) is 11.9. The number of aromatic amines is 2. The van der Waals surface area contributed by atoms with Gasteiger partial charge in [0.1, 0.15) is 5.75 Å². The Balaban J connectivity index is 2.10. The molecule has 0 aliphatic rings. The molecule has 0 unspecified atom stereocenters. The minimum absolute atomic E-state index is 0.316. The quantitative estimate of drug-likeness (QED) is 0.488. The first-order valence-corrected chi connectivity index (χ1v) is 7.94. The van der Waals surface area contributed by atoms with Crippen LogP contribution in [0.25, 0.3) is 22.2 Å². The fourth-order valence-corrected chi connectivity index (χ4v) is 2.87. The van der Waals surface area contributed by atoms with Gasteiger partial charge in [-0.05, 0) is 31.0 Å². The predicted molar refractivity (Wildman–Crippen MR) is 95.1 cm³/mol. The molecule has 3 rings (SSSR count). The Kier molecular flexibility index (Phi) is 4.33. The van der Waals surface area contributed by atoms with Crippen molar-refractivity contribution in [1.29, 1.82) is 0 Å². The molecule has 0 aliphatic heterocycles. The van der Waals surface area contributed by atoms with Gasteiger partial charge in [-0.1, -0.05) is 19.1 Å². The summed E-state index contributed by atoms with van der Waals surface area (Å²) in [5, 5.41) is 23.4. The van der Waals surface area contributed by atoms with Gasteiger partial charge in [-0.3, -0.25) is 4.79 Å². The summed E-state index contributed by atoms with van der Waals surface area (Å²) in [6.45, 7) is 5.20. The maximum absolute atomic E-state index is 12.0. The van der Waals surface area contributed by atoms with Gasteiger partial charge in [0.25, 0.3) is 5.56 Å². The molecule has 0 saturated heterocycles. The summed E-state index contributed by atoms with van der Waals surface area (Å²) in [6, 6.07) is 7.65. The fourth-order valence-electron chi connectivity index (χ4n) is 2.87. The number of H-pyrrole nitrogens is 2. The average Bonchev–Trinajstić information content (AvgIpc) is 2.97. The Morgan fingerprint density at radius 3 is 2.68 bits per heavy atom. The van der Waals surface area contributed by atoms with Gasteiger partial charge >= 0.3 is 5.97 Å². The second-order valence-electron chi connectivity index (χ2n) is 5.86. The van der Waals surface area contributed by atoms with Crippen molar-refractivity contribution in [3.8, 4) is 17.0 Å². The number of aromatic nitrogens is 2. The molecule has 7 nitrogen and oxygen atoms in total. The molecular formula is C18H19N3O4. The predicted octanol–water partition coefficient (Wildman–Crippen LogP) is 2.34. The van der Waals surface area contributed by atoms with Crippen LogP contribution in [0.1, 0.15) is 28.5 Å². The van der Waals surface area contributed by atoms with Crippen LogP contribution in [0.2, 0.25) is 0 Å². The summed E-state index contributed by atoms with van der Waals surface area (Å²) in [5.74, 6) is -1.97. The summed E-state index contributed by atoms with van der Waals surface area (Å²) in [4.78, 5) is 29.0. The highest BCUT2D eigenvalue weighted by atomic mass is 16.4. The Morgan fingerprint density at radius 2 is 2.00 bits per heavy atom. The van der Waals surface area contributed by atoms with E-state index in [-0.39, 0.29) is 0 Å². The van der Waals surface area contributed by atoms with Crippen molar-refractivity contribution in [3.63, 3.8) is 0 Å². The zero-order chi connectivity index (χ0) is 18.1. The molecule has 0 radical (unpaired) electrons. The van der Waals surface area contributed by atoms with Crippen LogP contribution in [-0.2, 0) is 6.54 Å². The lowest BCUT2D eigenvalue weighted by molar-refractivity contribution is 0.0691. The van der Waals surface area contributed by atoms with Crippen molar-refractivity contribution in [2.75, 3.05) is 6.54 Å². The van der Waals surface area contributed by atoms with Crippen LogP contribution >= 0.6 is 0 Å². The largest absolute Gasteiger partial charge is 0.506 e. The number of benzene rings is 1. The van der Waals surface area contributed by atoms with E-state index in [1.165, 1.54) is 0 Å². The molecule has 25 heavy (non-hydrogen) atoms. The number of hydrogen-bond acceptors (Lipinski definition) is 4. The van der Waals surface area contributed by atoms with E-state index in [1.807, 2.05) is 31.2 Å². The van der Waals surface area contributed by atoms with Crippen molar-refractivity contribution >= 4 is 16.9 Å². The molecule has 1 aromatic carbocycles. The molecular weight excluding hydrogens is 322 g/mol. The molecule has 7 heteroatoms. The van der Waals surface area contributed by atoms with E-state index in [0.717, 1.165) is 29.7 Å². The summed E-state index contributed by atoms with van der Waals surface area (Å²) in [7, 11) is 0. The van der Waals surface area contributed by atoms with Crippen LogP contribution in [0, 0.1) is 6.92 Å². The number of carboxylic acids is 1. The van der Waals surface area contributed by atoms with E-state index in [0.29, 0.717) is 16.8 Å². The van der Waals surface area contributed by atoms with Gasteiger partial charge in [0.2, 0.25) is 0 Å². The fraction of sp³-hybridized carbons (Fsp3) is 0.222. The molecule has 0 amide bonds. The third-order valence-electron chi connectivity index (χ3n) is 4.18. The van der Waals surface area contributed by atoms with E-state index in [1.54, 1.807) is 6.92 Å². The third-order valence-corrected chi connectivity index (χ3v) is 4.18. The van der Waals surface area contributed by atoms with Gasteiger partial charge in [0, 0.05) is 28.9 Å². The maximum Gasteiger partial charge on any atom is 0.345 e. The number of nitrogens with one attached hydrogen (secondary N) is 3. The summed E-state index contributed by atoms with van der Waals surface area (Å²) in [5.41, 5.74) is 1.87. The number of fused-ring (bicyclic) bond motifs is 1. The Labute approximate surface area is 143 Å². The molecule has 130 valence electrons. The minimum atomic E-state index is -1.46. The number of carboxylic acid groups (broad SMARTS) is 1. The van der Waals surface area contributed by atoms with Gasteiger partial charge in [0.05, 0.1) is 5.69 Å². The number of pyridine rings is 1. The smallest absolute Gasteiger partial charge is 0.345 e. The molecule has 0 aliphatic carbocycles. The maximum atomic E-state index is 12.0. The average molecular weight is 341 g/mol. The van der Waals surface area contributed by atoms with Crippen LogP contribution in [0.3, 0.4) is 0 Å². The molecule has 3 aromatic rings. The van der Waals surface area contributed by atoms with Gasteiger partial charge < -0.3 is 25.5 Å². The van der Waals surface area contributed by atoms with Crippen LogP contribution in [0.15, 0.2) is 29.1 Å². The van der Waals surface area contributed by atoms with Crippen molar-refractivity contribution in [2.45, 2.75) is 20.4 Å². The van der Waals surface area contributed by atoms with Gasteiger partial charge in [-0.15, -0.1) is 0 Å². The zero-order valence-corrected chi connectivity index (χ0v) is 13.9. The van der Waals surface area contributed by atoms with E-state index >= 15 is 0 Å². The van der Waals surface area contributed by atoms with E-state index in [9.17, 15) is 14.7 Å². The first-order valence-electron chi connectivity index (χ1n) is 7.94. The van der Waals surface area contributed by atoms with Crippen molar-refractivity contribution in [1.82, 2.24) is 15.3 Å². The second-order valence-corrected chi connectivity index (χ2v) is 5.86. The molecule has 0 atom stereocenters. The number of carbonyl (C=O) groups is 1. The van der Waals surface area contributed by atoms with Crippen molar-refractivity contribution < 1.29 is 15.0 Å². The summed E-state index contributed by atoms with van der Waals surface area (Å²) in [6.07, 6.45) is 0. The standard InChI is InChI=1S/C18H19N3O4/c1-3-19-8-12-6-10-4-5-11(7-13(10)20-12)15-9(2)16(22)14(18(24)25)17(23)21-15/h4-7,19-20H,3,8H2,1-2H3,(H,24,25)(H2,21,22,23). The molecule has 2 aromatic heterocycles. The van der Waals surface area contributed by atoms with Gasteiger partial charge in [-0.2, -0.15) is 0 Å². The van der Waals surface area contributed by atoms with Crippen LogP contribution in [0.4, 0.5) is 0 Å². The Hall–Kier alpha value is -3.06. The highest BCUT2D eigenvalue weighted by Crippen LogP contribution is 2.30. The highest BCUT2D eigenvalue weighted by Gasteiger charge is 2.20. The van der Waals surface area contributed by atoms with Crippen LogP contribution in [0.5, 0.6) is 5.75 Å². The lowest BCUT2D eigenvalue weighted by atomic mass is 10.0. The number of hydrogen-bond donors (Lipinski definition) is 5. The lowest BCUT2D eigenvalue weighted by Gasteiger charge is -2.10. The molecule has 0 fully saturated rings. The Morgan fingerprint density at radius 1 is 1.24 bits per heavy atom. The van der Waals surface area contributed by atoms with Crippen LogP contribution in [-0.4, -0.2) is 32.7 Å². The summed E-state index contributed by atoms with van der Waals surface area (Å²) < 4.78 is 0. The SMILES string of the molecule is CCNCc1cc2ccc(-c3[nH]c(=O)c(C(=O)O)c(O)c3C)cc2[nH]1. The van der Waals surface area contributed by atoms with Gasteiger partial charge in [-0.25, -0.2) is 4.79 Å². The third kappa shape index (κ3) is 3.01. The Bertz CT molecular complexity index is 1020. The van der Waals surface area contributed by atoms with E-state index in [4.69, 9.17) is 5.11 Å². The van der Waals surface area contributed by atoms with Gasteiger partial charge in [0.15, 0.2) is 5.56 Å². The number of rotatable bonds is 5. The van der Waals surface area contributed by atoms with E-state index < -0.39 is 22.8 Å². The molecule has 0 saturated carbocycles. The minimum Gasteiger partial charge on any atom is -0.506 e. The van der Waals surface area contributed by atoms with E-state index in [2.05, 4.69) is 15.3 Å². The molecule has 2 heterocycles. The molecule has 5 N–H and O–H groups in total. The normalized spacial score (nSPS) is 11.1. The lowest BCUT2D eigenvalue weighted by Crippen LogP contribution is -2.19. The van der Waals surface area contributed by atoms with Crippen molar-refractivity contribution in [3.05, 3.63) is 51.4 Å². The topological polar surface area (TPSA) is 118 Å².